The van der Waals surface area contributed by atoms with Crippen LogP contribution in [0.25, 0.3) is 0 Å². The molecule has 0 aliphatic rings. The molecule has 1 nitrogen and oxygen atoms in total. The fraction of sp³-hybridized carbons (Fsp3) is 0.800. The molecule has 0 saturated heterocycles. The Morgan fingerprint density at radius 3 is 1.08 bits per heavy atom. The van der Waals surface area contributed by atoms with Gasteiger partial charge < -0.3 is 0 Å². The van der Waals surface area contributed by atoms with Crippen molar-refractivity contribution in [2.45, 2.75) is 13.8 Å². The molecule has 0 aromatic rings. The molecule has 0 aliphatic carbocycles. The van der Waals surface area contributed by atoms with Crippen LogP contribution < -0.4 is 0 Å². The number of halogens is 6. The van der Waals surface area contributed by atoms with Crippen molar-refractivity contribution >= 4 is 68.8 Å². The van der Waals surface area contributed by atoms with Crippen molar-refractivity contribution < 1.29 is 4.58 Å². The van der Waals surface area contributed by atoms with Gasteiger partial charge in [0, 0.05) is 0 Å². The summed E-state index contributed by atoms with van der Waals surface area (Å²) in [7, 11) is 25.0. The van der Waals surface area contributed by atoms with Gasteiger partial charge in [0.25, 0.3) is 0 Å². The Labute approximate surface area is 99.0 Å². The van der Waals surface area contributed by atoms with Crippen molar-refractivity contribution in [3.05, 3.63) is 0 Å². The zero-order valence-electron chi connectivity index (χ0n) is 7.28. The summed E-state index contributed by atoms with van der Waals surface area (Å²) in [6, 6.07) is 0. The van der Waals surface area contributed by atoms with Crippen molar-refractivity contribution in [1.29, 1.82) is 0 Å². The monoisotopic (exact) mass is 417 g/mol. The molecule has 8 heteroatoms. The minimum absolute atomic E-state index is 1.05. The van der Waals surface area contributed by atoms with Crippen LogP contribution in [0, 0.1) is 0 Å². The Bertz CT molecular complexity index is 160. The van der Waals surface area contributed by atoms with Crippen molar-refractivity contribution in [3.8, 4) is 0 Å². The van der Waals surface area contributed by atoms with Gasteiger partial charge in [-0.1, -0.05) is 0 Å². The van der Waals surface area contributed by atoms with E-state index in [9.17, 15) is 0 Å². The van der Waals surface area contributed by atoms with E-state index in [4.69, 9.17) is 53.0 Å². The Hall–Kier alpha value is 2.23. The molecule has 0 rings (SSSR count). The third-order valence-corrected chi connectivity index (χ3v) is 0.894. The van der Waals surface area contributed by atoms with E-state index >= 15 is 0 Å². The first kappa shape index (κ1) is 17.6. The van der Waals surface area contributed by atoms with E-state index in [2.05, 4.69) is 20.6 Å². The van der Waals surface area contributed by atoms with Gasteiger partial charge in [-0.05, 0) is 13.8 Å². The van der Waals surface area contributed by atoms with Crippen LogP contribution in [0.15, 0.2) is 0 Å². The van der Waals surface area contributed by atoms with E-state index in [1.54, 1.807) is 0 Å². The molecule has 0 spiro atoms. The van der Waals surface area contributed by atoms with E-state index in [-0.39, 0.29) is 0 Å². The Morgan fingerprint density at radius 2 is 1.08 bits per heavy atom. The molecule has 0 atom stereocenters. The average Bonchev–Trinajstić information content (AvgIpc) is 1.79. The first-order chi connectivity index (χ1) is 5.26. The third kappa shape index (κ3) is 54.8. The zero-order valence-corrected chi connectivity index (χ0v) is 14.4. The molecule has 0 bridgehead atoms. The molecule has 0 N–H and O–H groups in total. The summed E-state index contributed by atoms with van der Waals surface area (Å²) in [6.45, 7) is 10.0. The molecule has 0 amide bonds. The summed E-state index contributed by atoms with van der Waals surface area (Å²) in [5, 5.41) is 0. The first-order valence-electron chi connectivity index (χ1n) is 3.38. The SMILES string of the molecule is C=[N+](CC)CC.[Cl][Sb-]([Cl])([Cl])([Cl])([Cl])[Cl]. The maximum absolute atomic E-state index is 5.42. The summed E-state index contributed by atoms with van der Waals surface area (Å²) in [5.74, 6) is 0. The van der Waals surface area contributed by atoms with Gasteiger partial charge in [-0.3, -0.25) is 0 Å². The number of nitrogens with zero attached hydrogens (tertiary/aromatic N) is 1. The quantitative estimate of drug-likeness (QED) is 0.352. The Balaban J connectivity index is 0. The maximum atomic E-state index is 5.06. The first-order valence-corrected chi connectivity index (χ1v) is 22.8. The van der Waals surface area contributed by atoms with Gasteiger partial charge in [0.05, 0.1) is 0 Å². The normalized spacial score (nSPS) is 16.3. The molecule has 0 unspecified atom stereocenters. The zero-order chi connectivity index (χ0) is 11.4. The van der Waals surface area contributed by atoms with Crippen molar-refractivity contribution in [2.24, 2.45) is 0 Å². The van der Waals surface area contributed by atoms with Gasteiger partial charge >= 0.3 is 62.1 Å². The van der Waals surface area contributed by atoms with Crippen LogP contribution in [0.5, 0.6) is 0 Å². The van der Waals surface area contributed by atoms with Crippen LogP contribution in [0.1, 0.15) is 13.8 Å². The van der Waals surface area contributed by atoms with Gasteiger partial charge in [0.2, 0.25) is 0 Å². The van der Waals surface area contributed by atoms with Gasteiger partial charge in [0.1, 0.15) is 19.8 Å². The second-order valence-electron chi connectivity index (χ2n) is 2.26. The van der Waals surface area contributed by atoms with Gasteiger partial charge in [0.15, 0.2) is 0 Å². The molecular weight excluding hydrogens is 409 g/mol. The molecule has 0 aromatic carbocycles. The molecule has 0 aliphatic heterocycles. The standard InChI is InChI=1S/C5H12N.6ClH.Sb/c1-4-6(3)5-2;;;;;;;/h3-5H2,1-2H3;6*1H;/q+1;;;;;;;+5/p-6. The van der Waals surface area contributed by atoms with Crippen LogP contribution in [0.2, 0.25) is 0 Å². The van der Waals surface area contributed by atoms with E-state index < -0.39 is 9.14 Å². The molecular formula is C5H12Cl6NSb. The van der Waals surface area contributed by atoms with Crippen LogP contribution in [-0.2, 0) is 0 Å². The molecule has 84 valence electrons. The Morgan fingerprint density at radius 1 is 0.923 bits per heavy atom. The number of rotatable bonds is 2. The van der Waals surface area contributed by atoms with Gasteiger partial charge in [-0.15, -0.1) is 0 Å². The number of hydrogen-bond donors (Lipinski definition) is 0. The van der Waals surface area contributed by atoms with Crippen molar-refractivity contribution in [2.75, 3.05) is 13.1 Å². The molecule has 0 aromatic heterocycles. The number of hydrogen-bond acceptors (Lipinski definition) is 0. The summed E-state index contributed by atoms with van der Waals surface area (Å²) in [4.78, 5) is 0. The molecule has 13 heavy (non-hydrogen) atoms. The second-order valence-corrected chi connectivity index (χ2v) is 59.2. The molecule has 0 radical (unpaired) electrons. The average molecular weight is 421 g/mol. The van der Waals surface area contributed by atoms with Crippen LogP contribution >= 0.6 is 53.0 Å². The van der Waals surface area contributed by atoms with Crippen LogP contribution in [-0.4, -0.2) is 33.5 Å². The molecule has 0 heterocycles. The predicted molar refractivity (Wildman–Crippen MR) is 69.3 cm³/mol. The summed E-state index contributed by atoms with van der Waals surface area (Å²) >= 11 is 0. The van der Waals surface area contributed by atoms with Crippen molar-refractivity contribution in [3.63, 3.8) is 0 Å². The van der Waals surface area contributed by atoms with E-state index in [1.807, 2.05) is 4.58 Å². The third-order valence-electron chi connectivity index (χ3n) is 0.894. The topological polar surface area (TPSA) is 3.01 Å². The fourth-order valence-corrected chi connectivity index (χ4v) is 0.224. The summed E-state index contributed by atoms with van der Waals surface area (Å²) in [5.41, 5.74) is 0. The van der Waals surface area contributed by atoms with Crippen molar-refractivity contribution in [1.82, 2.24) is 0 Å². The fourth-order valence-electron chi connectivity index (χ4n) is 0.224. The van der Waals surface area contributed by atoms with E-state index in [0.29, 0.717) is 0 Å². The molecule has 0 saturated carbocycles. The van der Waals surface area contributed by atoms with E-state index in [0.717, 1.165) is 13.1 Å². The summed E-state index contributed by atoms with van der Waals surface area (Å²) < 4.78 is 2.00. The second kappa shape index (κ2) is 5.04. The summed E-state index contributed by atoms with van der Waals surface area (Å²) in [6.07, 6.45) is 0. The van der Waals surface area contributed by atoms with Crippen LogP contribution in [0.4, 0.5) is 0 Å². The van der Waals surface area contributed by atoms with E-state index in [1.165, 1.54) is 0 Å². The minimum atomic E-state index is -5.42. The van der Waals surface area contributed by atoms with Gasteiger partial charge in [-0.25, -0.2) is 4.58 Å². The van der Waals surface area contributed by atoms with Crippen LogP contribution in [0.3, 0.4) is 0 Å². The molecule has 0 fully saturated rings. The van der Waals surface area contributed by atoms with Gasteiger partial charge in [-0.2, -0.15) is 0 Å². The predicted octanol–water partition coefficient (Wildman–Crippen LogP) is 4.50. The Kier molecular flexibility index (Phi) is 6.83.